The van der Waals surface area contributed by atoms with Crippen LogP contribution >= 0.6 is 0 Å². The minimum absolute atomic E-state index is 0.542. The number of aromatic nitrogens is 1. The Hall–Kier alpha value is -2.27. The number of pyridine rings is 1. The predicted octanol–water partition coefficient (Wildman–Crippen LogP) is 3.00. The van der Waals surface area contributed by atoms with Gasteiger partial charge in [0, 0.05) is 37.0 Å². The average molecular weight is 288 g/mol. The summed E-state index contributed by atoms with van der Waals surface area (Å²) in [6.07, 6.45) is 1.74. The first-order valence-corrected chi connectivity index (χ1v) is 6.81. The SMILES string of the molecule is CCNCc1ccnc(Oc2cc(OC)cc(OC)c2)c1. The highest BCUT2D eigenvalue weighted by molar-refractivity contribution is 5.43. The van der Waals surface area contributed by atoms with Crippen LogP contribution in [0.5, 0.6) is 23.1 Å². The number of nitrogens with zero attached hydrogens (tertiary/aromatic N) is 1. The van der Waals surface area contributed by atoms with E-state index in [1.807, 2.05) is 12.1 Å². The number of rotatable bonds is 7. The van der Waals surface area contributed by atoms with E-state index in [4.69, 9.17) is 14.2 Å². The fraction of sp³-hybridized carbons (Fsp3) is 0.312. The van der Waals surface area contributed by atoms with Crippen LogP contribution in [-0.2, 0) is 6.54 Å². The molecule has 0 saturated heterocycles. The van der Waals surface area contributed by atoms with Crippen LogP contribution in [0, 0.1) is 0 Å². The van der Waals surface area contributed by atoms with Gasteiger partial charge in [-0.25, -0.2) is 4.98 Å². The Labute approximate surface area is 124 Å². The molecule has 1 aromatic carbocycles. The normalized spacial score (nSPS) is 10.2. The van der Waals surface area contributed by atoms with Gasteiger partial charge in [-0.15, -0.1) is 0 Å². The summed E-state index contributed by atoms with van der Waals surface area (Å²) >= 11 is 0. The number of hydrogen-bond donors (Lipinski definition) is 1. The first kappa shape index (κ1) is 15.1. The quantitative estimate of drug-likeness (QED) is 0.848. The van der Waals surface area contributed by atoms with Crippen molar-refractivity contribution in [3.05, 3.63) is 42.1 Å². The van der Waals surface area contributed by atoms with Gasteiger partial charge in [-0.05, 0) is 18.2 Å². The van der Waals surface area contributed by atoms with Crippen LogP contribution in [0.3, 0.4) is 0 Å². The van der Waals surface area contributed by atoms with Crippen LogP contribution in [0.1, 0.15) is 12.5 Å². The van der Waals surface area contributed by atoms with Gasteiger partial charge in [0.25, 0.3) is 0 Å². The largest absolute Gasteiger partial charge is 0.496 e. The van der Waals surface area contributed by atoms with E-state index in [0.717, 1.165) is 18.7 Å². The lowest BCUT2D eigenvalue weighted by Gasteiger charge is -2.10. The molecule has 2 aromatic rings. The topological polar surface area (TPSA) is 52.6 Å². The first-order chi connectivity index (χ1) is 10.2. The first-order valence-electron chi connectivity index (χ1n) is 6.81. The van der Waals surface area contributed by atoms with Crippen LogP contribution in [0.2, 0.25) is 0 Å². The number of ether oxygens (including phenoxy) is 3. The third-order valence-electron chi connectivity index (χ3n) is 2.93. The molecule has 1 heterocycles. The summed E-state index contributed by atoms with van der Waals surface area (Å²) in [5, 5.41) is 3.27. The lowest BCUT2D eigenvalue weighted by Crippen LogP contribution is -2.11. The van der Waals surface area contributed by atoms with E-state index < -0.39 is 0 Å². The number of nitrogens with one attached hydrogen (secondary N) is 1. The highest BCUT2D eigenvalue weighted by Crippen LogP contribution is 2.30. The van der Waals surface area contributed by atoms with Gasteiger partial charge in [0.1, 0.15) is 17.2 Å². The second-order valence-electron chi connectivity index (χ2n) is 4.43. The van der Waals surface area contributed by atoms with Crippen LogP contribution in [0.15, 0.2) is 36.5 Å². The molecule has 0 aliphatic heterocycles. The molecule has 0 fully saturated rings. The highest BCUT2D eigenvalue weighted by Gasteiger charge is 2.05. The molecule has 0 atom stereocenters. The van der Waals surface area contributed by atoms with Gasteiger partial charge in [0.05, 0.1) is 14.2 Å². The average Bonchev–Trinajstić information content (AvgIpc) is 2.52. The lowest BCUT2D eigenvalue weighted by molar-refractivity contribution is 0.385. The monoisotopic (exact) mass is 288 g/mol. The third-order valence-corrected chi connectivity index (χ3v) is 2.93. The molecule has 1 aromatic heterocycles. The molecule has 0 spiro atoms. The molecule has 112 valence electrons. The number of hydrogen-bond acceptors (Lipinski definition) is 5. The van der Waals surface area contributed by atoms with Gasteiger partial charge in [0.2, 0.25) is 5.88 Å². The van der Waals surface area contributed by atoms with Crippen LogP contribution in [0.25, 0.3) is 0 Å². The Bertz CT molecular complexity index is 565. The van der Waals surface area contributed by atoms with Gasteiger partial charge >= 0.3 is 0 Å². The van der Waals surface area contributed by atoms with E-state index in [-0.39, 0.29) is 0 Å². The maximum Gasteiger partial charge on any atom is 0.219 e. The zero-order valence-corrected chi connectivity index (χ0v) is 12.6. The summed E-state index contributed by atoms with van der Waals surface area (Å²) in [5.74, 6) is 2.52. The maximum absolute atomic E-state index is 5.79. The Kier molecular flexibility index (Phi) is 5.40. The Morgan fingerprint density at radius 1 is 1.00 bits per heavy atom. The van der Waals surface area contributed by atoms with E-state index in [9.17, 15) is 0 Å². The molecule has 0 amide bonds. The van der Waals surface area contributed by atoms with Crippen molar-refractivity contribution in [2.24, 2.45) is 0 Å². The summed E-state index contributed by atoms with van der Waals surface area (Å²) in [4.78, 5) is 4.22. The second-order valence-corrected chi connectivity index (χ2v) is 4.43. The van der Waals surface area contributed by atoms with Crippen molar-refractivity contribution >= 4 is 0 Å². The molecular weight excluding hydrogens is 268 g/mol. The molecule has 0 aliphatic carbocycles. The molecule has 5 heteroatoms. The Morgan fingerprint density at radius 2 is 1.67 bits per heavy atom. The Balaban J connectivity index is 2.17. The van der Waals surface area contributed by atoms with Crippen molar-refractivity contribution in [3.8, 4) is 23.1 Å². The second kappa shape index (κ2) is 7.50. The Morgan fingerprint density at radius 3 is 2.29 bits per heavy atom. The fourth-order valence-electron chi connectivity index (χ4n) is 1.85. The van der Waals surface area contributed by atoms with E-state index >= 15 is 0 Å². The van der Waals surface area contributed by atoms with E-state index in [0.29, 0.717) is 23.1 Å². The maximum atomic E-state index is 5.79. The number of methoxy groups -OCH3 is 2. The smallest absolute Gasteiger partial charge is 0.219 e. The van der Waals surface area contributed by atoms with E-state index in [1.165, 1.54) is 0 Å². The molecule has 0 saturated carbocycles. The summed E-state index contributed by atoms with van der Waals surface area (Å²) in [6.45, 7) is 3.78. The molecule has 5 nitrogen and oxygen atoms in total. The van der Waals surface area contributed by atoms with E-state index in [2.05, 4.69) is 17.2 Å². The van der Waals surface area contributed by atoms with Crippen molar-refractivity contribution in [2.75, 3.05) is 20.8 Å². The predicted molar refractivity (Wildman–Crippen MR) is 81.2 cm³/mol. The third kappa shape index (κ3) is 4.36. The van der Waals surface area contributed by atoms with Crippen LogP contribution in [-0.4, -0.2) is 25.7 Å². The van der Waals surface area contributed by atoms with E-state index in [1.54, 1.807) is 38.6 Å². The van der Waals surface area contributed by atoms with Crippen molar-refractivity contribution in [3.63, 3.8) is 0 Å². The minimum Gasteiger partial charge on any atom is -0.496 e. The zero-order valence-electron chi connectivity index (χ0n) is 12.6. The summed E-state index contributed by atoms with van der Waals surface area (Å²) < 4.78 is 16.2. The molecule has 0 radical (unpaired) electrons. The van der Waals surface area contributed by atoms with Crippen molar-refractivity contribution in [1.82, 2.24) is 10.3 Å². The summed E-state index contributed by atoms with van der Waals surface area (Å²) in [7, 11) is 3.21. The molecule has 2 rings (SSSR count). The van der Waals surface area contributed by atoms with Crippen molar-refractivity contribution in [1.29, 1.82) is 0 Å². The van der Waals surface area contributed by atoms with Gasteiger partial charge in [0.15, 0.2) is 0 Å². The molecular formula is C16H20N2O3. The lowest BCUT2D eigenvalue weighted by atomic mass is 10.2. The van der Waals surface area contributed by atoms with Gasteiger partial charge < -0.3 is 19.5 Å². The highest BCUT2D eigenvalue weighted by atomic mass is 16.5. The zero-order chi connectivity index (χ0) is 15.1. The minimum atomic E-state index is 0.542. The molecule has 0 unspecified atom stereocenters. The summed E-state index contributed by atoms with van der Waals surface area (Å²) in [6, 6.07) is 9.25. The van der Waals surface area contributed by atoms with Gasteiger partial charge in [-0.1, -0.05) is 6.92 Å². The standard InChI is InChI=1S/C16H20N2O3/c1-4-17-11-12-5-6-18-16(7-12)21-15-9-13(19-2)8-14(10-15)20-3/h5-10,17H,4,11H2,1-3H3. The molecule has 21 heavy (non-hydrogen) atoms. The van der Waals surface area contributed by atoms with Crippen molar-refractivity contribution < 1.29 is 14.2 Å². The number of benzene rings is 1. The van der Waals surface area contributed by atoms with Crippen LogP contribution in [0.4, 0.5) is 0 Å². The summed E-state index contributed by atoms with van der Waals surface area (Å²) in [5.41, 5.74) is 1.12. The van der Waals surface area contributed by atoms with Gasteiger partial charge in [-0.2, -0.15) is 0 Å². The molecule has 0 aliphatic rings. The molecule has 0 bridgehead atoms. The van der Waals surface area contributed by atoms with Crippen LogP contribution < -0.4 is 19.5 Å². The van der Waals surface area contributed by atoms with Crippen molar-refractivity contribution in [2.45, 2.75) is 13.5 Å². The fourth-order valence-corrected chi connectivity index (χ4v) is 1.85. The molecule has 1 N–H and O–H groups in total. The van der Waals surface area contributed by atoms with Gasteiger partial charge in [-0.3, -0.25) is 0 Å².